The van der Waals surface area contributed by atoms with Crippen molar-refractivity contribution in [1.82, 2.24) is 0 Å². The van der Waals surface area contributed by atoms with Gasteiger partial charge in [-0.05, 0) is 115 Å². The van der Waals surface area contributed by atoms with Crippen LogP contribution in [-0.2, 0) is 5.41 Å². The lowest BCUT2D eigenvalue weighted by Gasteiger charge is -2.30. The van der Waals surface area contributed by atoms with E-state index in [1.807, 2.05) is 0 Å². The molecule has 0 amide bonds. The number of nitrogens with zero attached hydrogens (tertiary/aromatic N) is 2. The molecule has 0 saturated carbocycles. The third kappa shape index (κ3) is 5.10. The smallest absolute Gasteiger partial charge is 0.183 e. The summed E-state index contributed by atoms with van der Waals surface area (Å²) < 4.78 is 2.66. The third-order valence-corrected chi connectivity index (χ3v) is 12.1. The van der Waals surface area contributed by atoms with Gasteiger partial charge < -0.3 is 4.90 Å². The molecule has 0 saturated heterocycles. The summed E-state index contributed by atoms with van der Waals surface area (Å²) in [4.78, 5) is 2.54. The van der Waals surface area contributed by atoms with E-state index in [1.54, 1.807) is 0 Å². The highest BCUT2D eigenvalue weighted by molar-refractivity contribution is 5.99. The fourth-order valence-corrected chi connectivity index (χ4v) is 9.89. The highest BCUT2D eigenvalue weighted by Crippen LogP contribution is 2.52. The second-order valence-corrected chi connectivity index (χ2v) is 15.6. The van der Waals surface area contributed by atoms with Gasteiger partial charge in [0.15, 0.2) is 11.8 Å². The van der Waals surface area contributed by atoms with Gasteiger partial charge in [-0.1, -0.05) is 117 Å². The molecule has 4 aliphatic rings. The van der Waals surface area contributed by atoms with Gasteiger partial charge >= 0.3 is 0 Å². The number of rotatable bonds is 6. The standard InChI is InChI=1S/C48H51N2/c1-7-49-40-29-25-33-17-12-14-23-38(33)45(40)47(3,4)42(49)31-27-36-21-16-22-37(44(36)35-19-10-9-11-20-35)28-32-43-48(5,6)46-39-24-15-13-18-34(39)26-30-41(46)50(43)8-2/h9-15,17-20,23-32,40,45H,7-8,16,21-22H2,1-6H3/q+1. The van der Waals surface area contributed by atoms with Gasteiger partial charge in [-0.2, -0.15) is 0 Å². The summed E-state index contributed by atoms with van der Waals surface area (Å²) in [5.41, 5.74) is 14.0. The molecule has 0 bridgehead atoms. The predicted molar refractivity (Wildman–Crippen MR) is 214 cm³/mol. The van der Waals surface area contributed by atoms with Crippen molar-refractivity contribution < 1.29 is 4.58 Å². The monoisotopic (exact) mass is 655 g/mol. The zero-order valence-corrected chi connectivity index (χ0v) is 30.7. The number of benzene rings is 4. The molecule has 252 valence electrons. The Kier molecular flexibility index (Phi) is 8.17. The van der Waals surface area contributed by atoms with Crippen molar-refractivity contribution in [3.8, 4) is 0 Å². The van der Waals surface area contributed by atoms with E-state index in [1.165, 1.54) is 66.8 Å². The number of hydrogen-bond acceptors (Lipinski definition) is 1. The molecule has 0 spiro atoms. The molecule has 2 heteroatoms. The van der Waals surface area contributed by atoms with Crippen LogP contribution >= 0.6 is 0 Å². The summed E-state index contributed by atoms with van der Waals surface area (Å²) in [6, 6.07) is 34.0. The van der Waals surface area contributed by atoms with Crippen molar-refractivity contribution >= 4 is 33.8 Å². The van der Waals surface area contributed by atoms with E-state index in [0.717, 1.165) is 32.4 Å². The van der Waals surface area contributed by atoms with Crippen LogP contribution in [0.25, 0.3) is 22.4 Å². The minimum absolute atomic E-state index is 0.0140. The first-order valence-electron chi connectivity index (χ1n) is 18.8. The zero-order valence-electron chi connectivity index (χ0n) is 30.7. The first-order valence-corrected chi connectivity index (χ1v) is 18.8. The number of fused-ring (bicyclic) bond motifs is 6. The molecule has 0 N–H and O–H groups in total. The lowest BCUT2D eigenvalue weighted by Crippen LogP contribution is -2.31. The maximum Gasteiger partial charge on any atom is 0.183 e. The molecular weight excluding hydrogens is 605 g/mol. The van der Waals surface area contributed by atoms with E-state index in [0.29, 0.717) is 12.0 Å². The van der Waals surface area contributed by atoms with Gasteiger partial charge in [0.05, 0.1) is 11.3 Å². The Morgan fingerprint density at radius 1 is 0.800 bits per heavy atom. The number of anilines is 1. The van der Waals surface area contributed by atoms with Crippen LogP contribution in [0.3, 0.4) is 0 Å². The number of likely N-dealkylation sites (N-methyl/N-ethyl adjacent to an activating group) is 2. The summed E-state index contributed by atoms with van der Waals surface area (Å²) in [5.74, 6) is 0.442. The van der Waals surface area contributed by atoms with Gasteiger partial charge in [-0.25, -0.2) is 4.58 Å². The molecule has 2 heterocycles. The first kappa shape index (κ1) is 32.5. The molecule has 0 radical (unpaired) electrons. The topological polar surface area (TPSA) is 6.25 Å². The second-order valence-electron chi connectivity index (χ2n) is 15.6. The Bertz CT molecular complexity index is 2160. The van der Waals surface area contributed by atoms with Crippen LogP contribution in [0.15, 0.2) is 138 Å². The summed E-state index contributed by atoms with van der Waals surface area (Å²) >= 11 is 0. The highest BCUT2D eigenvalue weighted by Gasteiger charge is 2.54. The van der Waals surface area contributed by atoms with Gasteiger partial charge in [-0.15, -0.1) is 0 Å². The first-order chi connectivity index (χ1) is 24.3. The van der Waals surface area contributed by atoms with Crippen molar-refractivity contribution in [2.75, 3.05) is 18.0 Å². The van der Waals surface area contributed by atoms with Crippen molar-refractivity contribution in [3.05, 3.63) is 160 Å². The predicted octanol–water partition coefficient (Wildman–Crippen LogP) is 11.7. The number of hydrogen-bond donors (Lipinski definition) is 0. The quantitative estimate of drug-likeness (QED) is 0.187. The van der Waals surface area contributed by atoms with Crippen LogP contribution in [0.2, 0.25) is 0 Å². The van der Waals surface area contributed by atoms with Crippen molar-refractivity contribution in [1.29, 1.82) is 0 Å². The van der Waals surface area contributed by atoms with E-state index in [9.17, 15) is 0 Å². The zero-order chi connectivity index (χ0) is 34.6. The van der Waals surface area contributed by atoms with Gasteiger partial charge in [0, 0.05) is 29.4 Å². The fourth-order valence-electron chi connectivity index (χ4n) is 9.89. The van der Waals surface area contributed by atoms with E-state index >= 15 is 0 Å². The van der Waals surface area contributed by atoms with Gasteiger partial charge in [-0.3, -0.25) is 0 Å². The fraction of sp³-hybridized carbons (Fsp3) is 0.312. The molecule has 2 nitrogen and oxygen atoms in total. The molecular formula is C48H51N2+. The maximum atomic E-state index is 2.66. The van der Waals surface area contributed by atoms with E-state index in [4.69, 9.17) is 0 Å². The van der Waals surface area contributed by atoms with Crippen LogP contribution in [0.4, 0.5) is 5.69 Å². The van der Waals surface area contributed by atoms with Gasteiger partial charge in [0.25, 0.3) is 0 Å². The van der Waals surface area contributed by atoms with Crippen molar-refractivity contribution in [2.45, 2.75) is 78.2 Å². The Morgan fingerprint density at radius 2 is 1.56 bits per heavy atom. The SMILES string of the molecule is CCN1C(=CC=C2CCCC(C=CC3=[N+](CC)C4C=Cc5ccccc5C4C3(C)C)=C2c2ccccc2)C(C)(C)c2c1ccc1ccccc21. The summed E-state index contributed by atoms with van der Waals surface area (Å²) in [5, 5.41) is 2.68. The Hall–Kier alpha value is -4.69. The molecule has 4 aromatic rings. The number of allylic oxidation sites excluding steroid dienone is 8. The van der Waals surface area contributed by atoms with Gasteiger partial charge in [0.2, 0.25) is 0 Å². The van der Waals surface area contributed by atoms with Crippen LogP contribution < -0.4 is 4.90 Å². The minimum atomic E-state index is -0.102. The maximum absolute atomic E-state index is 2.66. The van der Waals surface area contributed by atoms with Crippen molar-refractivity contribution in [3.63, 3.8) is 0 Å². The average molecular weight is 656 g/mol. The molecule has 2 atom stereocenters. The Morgan fingerprint density at radius 3 is 2.36 bits per heavy atom. The second kappa shape index (κ2) is 12.6. The molecule has 4 aromatic carbocycles. The van der Waals surface area contributed by atoms with Crippen LogP contribution in [0.1, 0.15) is 89.0 Å². The Labute approximate surface area is 299 Å². The normalized spacial score (nSPS) is 23.8. The molecule has 2 aliphatic carbocycles. The van der Waals surface area contributed by atoms with E-state index in [2.05, 4.69) is 178 Å². The molecule has 8 rings (SSSR count). The van der Waals surface area contributed by atoms with Crippen molar-refractivity contribution in [2.24, 2.45) is 5.41 Å². The Balaban J connectivity index is 1.22. The average Bonchev–Trinajstić information content (AvgIpc) is 3.51. The largest absolute Gasteiger partial charge is 0.344 e. The van der Waals surface area contributed by atoms with E-state index < -0.39 is 0 Å². The van der Waals surface area contributed by atoms with Crippen LogP contribution in [0.5, 0.6) is 0 Å². The molecule has 50 heavy (non-hydrogen) atoms. The molecule has 2 unspecified atom stereocenters. The molecule has 2 aliphatic heterocycles. The lowest BCUT2D eigenvalue weighted by atomic mass is 9.68. The molecule has 0 aromatic heterocycles. The lowest BCUT2D eigenvalue weighted by molar-refractivity contribution is -0.544. The highest BCUT2D eigenvalue weighted by atomic mass is 15.2. The minimum Gasteiger partial charge on any atom is -0.344 e. The van der Waals surface area contributed by atoms with Crippen LogP contribution in [0, 0.1) is 5.41 Å². The van der Waals surface area contributed by atoms with Crippen LogP contribution in [-0.4, -0.2) is 29.4 Å². The molecule has 0 fully saturated rings. The summed E-state index contributed by atoms with van der Waals surface area (Å²) in [6.07, 6.45) is 18.0. The van der Waals surface area contributed by atoms with Gasteiger partial charge in [0.1, 0.15) is 6.54 Å². The third-order valence-electron chi connectivity index (χ3n) is 12.1. The summed E-state index contributed by atoms with van der Waals surface area (Å²) in [6.45, 7) is 16.3. The van der Waals surface area contributed by atoms with E-state index in [-0.39, 0.29) is 10.8 Å². The summed E-state index contributed by atoms with van der Waals surface area (Å²) in [7, 11) is 0.